The molecule has 6 nitrogen and oxygen atoms in total. The fraction of sp³-hybridized carbons (Fsp3) is 0.786. The van der Waals surface area contributed by atoms with Gasteiger partial charge < -0.3 is 15.4 Å². The van der Waals surface area contributed by atoms with Crippen LogP contribution < -0.4 is 15.4 Å². The monoisotopic (exact) mass is 279 g/mol. The van der Waals surface area contributed by atoms with E-state index in [9.17, 15) is 0 Å². The summed E-state index contributed by atoms with van der Waals surface area (Å²) >= 11 is 0. The molecule has 2 N–H and O–H groups in total. The zero-order valence-electron chi connectivity index (χ0n) is 12.6. The van der Waals surface area contributed by atoms with Gasteiger partial charge in [-0.1, -0.05) is 26.7 Å². The van der Waals surface area contributed by atoms with Crippen molar-refractivity contribution in [1.29, 1.82) is 0 Å². The zero-order valence-corrected chi connectivity index (χ0v) is 12.6. The third-order valence-electron chi connectivity index (χ3n) is 3.54. The van der Waals surface area contributed by atoms with Crippen LogP contribution in [0.4, 0.5) is 11.9 Å². The van der Waals surface area contributed by atoms with E-state index in [2.05, 4.69) is 39.4 Å². The van der Waals surface area contributed by atoms with Crippen LogP contribution >= 0.6 is 0 Å². The van der Waals surface area contributed by atoms with Gasteiger partial charge >= 0.3 is 6.01 Å². The fourth-order valence-electron chi connectivity index (χ4n) is 2.54. The van der Waals surface area contributed by atoms with Crippen molar-refractivity contribution in [3.63, 3.8) is 0 Å². The second-order valence-corrected chi connectivity index (χ2v) is 5.48. The lowest BCUT2D eigenvalue weighted by Crippen LogP contribution is -2.27. The van der Waals surface area contributed by atoms with E-state index in [1.54, 1.807) is 7.05 Å². The van der Waals surface area contributed by atoms with Crippen LogP contribution in [0.5, 0.6) is 6.01 Å². The minimum absolute atomic E-state index is 0.387. The molecular formula is C14H25N5O. The van der Waals surface area contributed by atoms with Crippen LogP contribution in [0, 0.1) is 5.92 Å². The SMILES string of the molecule is CCCOc1nc(NC)nc(NC2CCCC(C)C2)n1. The van der Waals surface area contributed by atoms with Gasteiger partial charge in [-0.25, -0.2) is 0 Å². The predicted octanol–water partition coefficient (Wildman–Crippen LogP) is 2.69. The summed E-state index contributed by atoms with van der Waals surface area (Å²) in [5, 5.41) is 6.37. The summed E-state index contributed by atoms with van der Waals surface area (Å²) < 4.78 is 5.51. The molecule has 0 aromatic carbocycles. The Morgan fingerprint density at radius 1 is 1.20 bits per heavy atom. The lowest BCUT2D eigenvalue weighted by molar-refractivity contribution is 0.292. The molecule has 1 aromatic rings. The minimum atomic E-state index is 0.387. The smallest absolute Gasteiger partial charge is 0.323 e. The number of nitrogens with one attached hydrogen (secondary N) is 2. The molecule has 0 amide bonds. The molecule has 1 aliphatic rings. The second-order valence-electron chi connectivity index (χ2n) is 5.48. The molecule has 20 heavy (non-hydrogen) atoms. The Kier molecular flexibility index (Phi) is 5.38. The first-order chi connectivity index (χ1) is 9.71. The maximum absolute atomic E-state index is 5.51. The van der Waals surface area contributed by atoms with Gasteiger partial charge in [-0.2, -0.15) is 15.0 Å². The van der Waals surface area contributed by atoms with Crippen LogP contribution in [0.25, 0.3) is 0 Å². The molecule has 1 saturated carbocycles. The largest absolute Gasteiger partial charge is 0.463 e. The van der Waals surface area contributed by atoms with Gasteiger partial charge in [-0.3, -0.25) is 0 Å². The van der Waals surface area contributed by atoms with E-state index in [1.165, 1.54) is 25.7 Å². The third-order valence-corrected chi connectivity index (χ3v) is 3.54. The van der Waals surface area contributed by atoms with Crippen LogP contribution in [0.2, 0.25) is 0 Å². The van der Waals surface area contributed by atoms with Crippen molar-refractivity contribution >= 4 is 11.9 Å². The topological polar surface area (TPSA) is 72.0 Å². The Bertz CT molecular complexity index is 426. The molecule has 112 valence electrons. The summed E-state index contributed by atoms with van der Waals surface area (Å²) in [6.45, 7) is 4.98. The number of hydrogen-bond donors (Lipinski definition) is 2. The van der Waals surface area contributed by atoms with Gasteiger partial charge in [0.2, 0.25) is 11.9 Å². The van der Waals surface area contributed by atoms with Crippen LogP contribution in [0.3, 0.4) is 0 Å². The second kappa shape index (κ2) is 7.26. The van der Waals surface area contributed by atoms with E-state index in [-0.39, 0.29) is 0 Å². The molecule has 1 aromatic heterocycles. The predicted molar refractivity (Wildman–Crippen MR) is 80.2 cm³/mol. The fourth-order valence-corrected chi connectivity index (χ4v) is 2.54. The van der Waals surface area contributed by atoms with Crippen molar-refractivity contribution < 1.29 is 4.74 Å². The van der Waals surface area contributed by atoms with Crippen molar-refractivity contribution in [2.75, 3.05) is 24.3 Å². The lowest BCUT2D eigenvalue weighted by atomic mass is 9.87. The van der Waals surface area contributed by atoms with E-state index in [0.717, 1.165) is 12.3 Å². The quantitative estimate of drug-likeness (QED) is 0.834. The minimum Gasteiger partial charge on any atom is -0.463 e. The van der Waals surface area contributed by atoms with E-state index in [1.807, 2.05) is 0 Å². The van der Waals surface area contributed by atoms with Gasteiger partial charge in [0.15, 0.2) is 0 Å². The zero-order chi connectivity index (χ0) is 14.4. The van der Waals surface area contributed by atoms with Gasteiger partial charge in [0.05, 0.1) is 6.61 Å². The van der Waals surface area contributed by atoms with Crippen LogP contribution in [0.15, 0.2) is 0 Å². The number of anilines is 2. The van der Waals surface area contributed by atoms with E-state index < -0.39 is 0 Å². The molecule has 1 fully saturated rings. The highest BCUT2D eigenvalue weighted by Crippen LogP contribution is 2.25. The maximum atomic E-state index is 5.51. The molecule has 0 radical (unpaired) electrons. The lowest BCUT2D eigenvalue weighted by Gasteiger charge is -2.27. The standard InChI is InChI=1S/C14H25N5O/c1-4-8-20-14-18-12(15-3)17-13(19-14)16-11-7-5-6-10(2)9-11/h10-11H,4-9H2,1-3H3,(H2,15,16,17,18,19). The summed E-state index contributed by atoms with van der Waals surface area (Å²) in [7, 11) is 1.80. The first-order valence-electron chi connectivity index (χ1n) is 7.54. The van der Waals surface area contributed by atoms with Gasteiger partial charge in [-0.05, 0) is 25.2 Å². The first-order valence-corrected chi connectivity index (χ1v) is 7.54. The molecular weight excluding hydrogens is 254 g/mol. The van der Waals surface area contributed by atoms with Crippen LogP contribution in [0.1, 0.15) is 46.0 Å². The van der Waals surface area contributed by atoms with E-state index in [4.69, 9.17) is 4.74 Å². The molecule has 1 heterocycles. The molecule has 2 atom stereocenters. The normalized spacial score (nSPS) is 22.4. The molecule has 0 saturated heterocycles. The highest BCUT2D eigenvalue weighted by atomic mass is 16.5. The molecule has 0 spiro atoms. The molecule has 1 aliphatic carbocycles. The number of nitrogens with zero attached hydrogens (tertiary/aromatic N) is 3. The average Bonchev–Trinajstić information content (AvgIpc) is 2.45. The van der Waals surface area contributed by atoms with Crippen LogP contribution in [-0.2, 0) is 0 Å². The number of hydrogen-bond acceptors (Lipinski definition) is 6. The van der Waals surface area contributed by atoms with E-state index in [0.29, 0.717) is 30.6 Å². The Morgan fingerprint density at radius 2 is 2.00 bits per heavy atom. The Balaban J connectivity index is 2.05. The van der Waals surface area contributed by atoms with Crippen molar-refractivity contribution in [2.45, 2.75) is 52.0 Å². The van der Waals surface area contributed by atoms with Gasteiger partial charge in [0.1, 0.15) is 0 Å². The number of aromatic nitrogens is 3. The van der Waals surface area contributed by atoms with Crippen molar-refractivity contribution in [3.05, 3.63) is 0 Å². The summed E-state index contributed by atoms with van der Waals surface area (Å²) in [5.41, 5.74) is 0. The molecule has 2 unspecified atom stereocenters. The Morgan fingerprint density at radius 3 is 2.70 bits per heavy atom. The highest BCUT2D eigenvalue weighted by molar-refractivity contribution is 5.36. The van der Waals surface area contributed by atoms with Gasteiger partial charge in [0, 0.05) is 13.1 Å². The average molecular weight is 279 g/mol. The Hall–Kier alpha value is -1.59. The maximum Gasteiger partial charge on any atom is 0.323 e. The molecule has 0 aliphatic heterocycles. The van der Waals surface area contributed by atoms with Gasteiger partial charge in [0.25, 0.3) is 0 Å². The van der Waals surface area contributed by atoms with Crippen LogP contribution in [-0.4, -0.2) is 34.6 Å². The summed E-state index contributed by atoms with van der Waals surface area (Å²) in [4.78, 5) is 12.9. The first kappa shape index (κ1) is 14.8. The summed E-state index contributed by atoms with van der Waals surface area (Å²) in [6, 6.07) is 0.836. The summed E-state index contributed by atoms with van der Waals surface area (Å²) in [5.74, 6) is 1.91. The van der Waals surface area contributed by atoms with Crippen molar-refractivity contribution in [2.24, 2.45) is 5.92 Å². The molecule has 0 bridgehead atoms. The Labute approximate surface area is 120 Å². The summed E-state index contributed by atoms with van der Waals surface area (Å²) in [6.07, 6.45) is 5.87. The van der Waals surface area contributed by atoms with Crippen molar-refractivity contribution in [3.8, 4) is 6.01 Å². The number of rotatable bonds is 6. The molecule has 2 rings (SSSR count). The van der Waals surface area contributed by atoms with E-state index >= 15 is 0 Å². The third kappa shape index (κ3) is 4.21. The van der Waals surface area contributed by atoms with Gasteiger partial charge in [-0.15, -0.1) is 0 Å². The number of ether oxygens (including phenoxy) is 1. The molecule has 6 heteroatoms. The van der Waals surface area contributed by atoms with Crippen molar-refractivity contribution in [1.82, 2.24) is 15.0 Å². The highest BCUT2D eigenvalue weighted by Gasteiger charge is 2.20.